The summed E-state index contributed by atoms with van der Waals surface area (Å²) in [5.74, 6) is 0.0400. The van der Waals surface area contributed by atoms with Crippen LogP contribution in [-0.2, 0) is 4.79 Å². The van der Waals surface area contributed by atoms with Gasteiger partial charge in [-0.15, -0.1) is 0 Å². The van der Waals surface area contributed by atoms with E-state index in [-0.39, 0.29) is 17.4 Å². The minimum atomic E-state index is -0.194. The molecule has 0 aliphatic carbocycles. The number of aromatic hydroxyl groups is 2. The van der Waals surface area contributed by atoms with Crippen molar-refractivity contribution in [3.63, 3.8) is 0 Å². The van der Waals surface area contributed by atoms with Crippen molar-refractivity contribution in [2.45, 2.75) is 6.92 Å². The summed E-state index contributed by atoms with van der Waals surface area (Å²) in [5.41, 5.74) is 6.41. The fourth-order valence-electron chi connectivity index (χ4n) is 2.76. The van der Waals surface area contributed by atoms with Crippen molar-refractivity contribution in [1.29, 1.82) is 0 Å². The maximum atomic E-state index is 10.9. The molecule has 4 aromatic carbocycles. The normalized spacial score (nSPS) is 10.3. The highest BCUT2D eigenvalue weighted by Crippen LogP contribution is 2.29. The van der Waals surface area contributed by atoms with E-state index in [1.165, 1.54) is 6.92 Å². The Kier molecular flexibility index (Phi) is 5.13. The standard InChI is InChI=1S/C12H11NO2.C10H9NO/c1-8(14)13-11-6-9-4-2-3-5-10(9)7-12(11)15;11-9-5-7-3-1-2-4-8(7)6-10(9)12/h2-7,15H,1H3,(H,13,14);1-6,12H,11H2. The van der Waals surface area contributed by atoms with Crippen LogP contribution in [0.3, 0.4) is 0 Å². The summed E-state index contributed by atoms with van der Waals surface area (Å²) in [6.45, 7) is 1.41. The number of amides is 1. The van der Waals surface area contributed by atoms with Gasteiger partial charge in [-0.3, -0.25) is 4.79 Å². The van der Waals surface area contributed by atoms with Crippen molar-refractivity contribution in [3.05, 3.63) is 72.8 Å². The molecule has 0 heterocycles. The second-order valence-electron chi connectivity index (χ2n) is 6.16. The molecule has 4 rings (SSSR count). The molecule has 0 unspecified atom stereocenters. The minimum absolute atomic E-state index is 0.0869. The van der Waals surface area contributed by atoms with Crippen LogP contribution in [0.4, 0.5) is 11.4 Å². The third-order valence-corrected chi connectivity index (χ3v) is 4.07. The molecule has 136 valence electrons. The Morgan fingerprint density at radius 2 is 1.22 bits per heavy atom. The number of rotatable bonds is 1. The number of nitrogens with one attached hydrogen (secondary N) is 1. The lowest BCUT2D eigenvalue weighted by molar-refractivity contribution is -0.114. The molecular formula is C22H20N2O3. The third kappa shape index (κ3) is 4.27. The van der Waals surface area contributed by atoms with E-state index < -0.39 is 0 Å². The maximum absolute atomic E-state index is 10.9. The van der Waals surface area contributed by atoms with Crippen molar-refractivity contribution >= 4 is 38.8 Å². The number of phenols is 2. The van der Waals surface area contributed by atoms with Crippen molar-refractivity contribution in [3.8, 4) is 11.5 Å². The predicted octanol–water partition coefficient (Wildman–Crippen LogP) is 4.63. The van der Waals surface area contributed by atoms with Gasteiger partial charge in [0.15, 0.2) is 0 Å². The molecule has 0 aliphatic heterocycles. The number of benzene rings is 4. The van der Waals surface area contributed by atoms with E-state index in [1.54, 1.807) is 24.3 Å². The molecule has 5 N–H and O–H groups in total. The van der Waals surface area contributed by atoms with Crippen LogP contribution in [0.5, 0.6) is 11.5 Å². The number of nitrogen functional groups attached to an aromatic ring is 1. The lowest BCUT2D eigenvalue weighted by atomic mass is 10.1. The van der Waals surface area contributed by atoms with E-state index in [2.05, 4.69) is 5.32 Å². The smallest absolute Gasteiger partial charge is 0.221 e. The first-order valence-corrected chi connectivity index (χ1v) is 8.40. The molecule has 0 saturated carbocycles. The Balaban J connectivity index is 0.000000159. The van der Waals surface area contributed by atoms with Gasteiger partial charge in [0.1, 0.15) is 11.5 Å². The topological polar surface area (TPSA) is 95.6 Å². The molecular weight excluding hydrogens is 340 g/mol. The number of carbonyl (C=O) groups is 1. The van der Waals surface area contributed by atoms with E-state index >= 15 is 0 Å². The first kappa shape index (κ1) is 18.1. The summed E-state index contributed by atoms with van der Waals surface area (Å²) in [7, 11) is 0. The van der Waals surface area contributed by atoms with Crippen LogP contribution in [0.1, 0.15) is 6.92 Å². The first-order chi connectivity index (χ1) is 12.9. The number of anilines is 2. The molecule has 5 nitrogen and oxygen atoms in total. The van der Waals surface area contributed by atoms with Crippen molar-refractivity contribution in [2.24, 2.45) is 0 Å². The molecule has 0 radical (unpaired) electrons. The number of fused-ring (bicyclic) bond motifs is 2. The van der Waals surface area contributed by atoms with Crippen LogP contribution >= 0.6 is 0 Å². The molecule has 0 fully saturated rings. The minimum Gasteiger partial charge on any atom is -0.506 e. The van der Waals surface area contributed by atoms with Crippen LogP contribution < -0.4 is 11.1 Å². The van der Waals surface area contributed by atoms with Gasteiger partial charge in [0.2, 0.25) is 5.91 Å². The zero-order valence-corrected chi connectivity index (χ0v) is 14.8. The van der Waals surface area contributed by atoms with E-state index in [0.717, 1.165) is 21.5 Å². The second kappa shape index (κ2) is 7.66. The number of phenolic OH excluding ortho intramolecular Hbond substituents is 2. The molecule has 5 heteroatoms. The number of carbonyl (C=O) groups excluding carboxylic acids is 1. The van der Waals surface area contributed by atoms with E-state index in [1.807, 2.05) is 48.5 Å². The van der Waals surface area contributed by atoms with Crippen molar-refractivity contribution in [2.75, 3.05) is 11.1 Å². The average molecular weight is 360 g/mol. The monoisotopic (exact) mass is 360 g/mol. The van der Waals surface area contributed by atoms with E-state index in [0.29, 0.717) is 11.4 Å². The summed E-state index contributed by atoms with van der Waals surface area (Å²) in [6.07, 6.45) is 0. The van der Waals surface area contributed by atoms with E-state index in [4.69, 9.17) is 5.73 Å². The largest absolute Gasteiger partial charge is 0.506 e. The van der Waals surface area contributed by atoms with Crippen molar-refractivity contribution < 1.29 is 15.0 Å². The van der Waals surface area contributed by atoms with Crippen LogP contribution in [-0.4, -0.2) is 16.1 Å². The summed E-state index contributed by atoms with van der Waals surface area (Å²) in [5, 5.41) is 25.5. The van der Waals surface area contributed by atoms with Gasteiger partial charge in [-0.2, -0.15) is 0 Å². The number of hydrogen-bond acceptors (Lipinski definition) is 4. The summed E-state index contributed by atoms with van der Waals surface area (Å²) in [6, 6.07) is 22.3. The fourth-order valence-corrected chi connectivity index (χ4v) is 2.76. The zero-order chi connectivity index (χ0) is 19.4. The molecule has 0 aromatic heterocycles. The quantitative estimate of drug-likeness (QED) is 0.294. The van der Waals surface area contributed by atoms with Crippen LogP contribution in [0.2, 0.25) is 0 Å². The molecule has 0 aliphatic rings. The Labute approximate surface area is 156 Å². The van der Waals surface area contributed by atoms with Gasteiger partial charge in [0.25, 0.3) is 0 Å². The summed E-state index contributed by atoms with van der Waals surface area (Å²) in [4.78, 5) is 10.9. The van der Waals surface area contributed by atoms with E-state index in [9.17, 15) is 15.0 Å². The first-order valence-electron chi connectivity index (χ1n) is 8.40. The highest BCUT2D eigenvalue weighted by Gasteiger charge is 2.04. The van der Waals surface area contributed by atoms with Crippen LogP contribution in [0.25, 0.3) is 21.5 Å². The lowest BCUT2D eigenvalue weighted by Crippen LogP contribution is -2.05. The van der Waals surface area contributed by atoms with Gasteiger partial charge >= 0.3 is 0 Å². The van der Waals surface area contributed by atoms with Gasteiger partial charge in [-0.05, 0) is 45.8 Å². The number of nitrogens with two attached hydrogens (primary N) is 1. The Morgan fingerprint density at radius 1 is 0.778 bits per heavy atom. The molecule has 1 amide bonds. The summed E-state index contributed by atoms with van der Waals surface area (Å²) < 4.78 is 0. The predicted molar refractivity (Wildman–Crippen MR) is 110 cm³/mol. The Hall–Kier alpha value is -3.73. The lowest BCUT2D eigenvalue weighted by Gasteiger charge is -2.06. The van der Waals surface area contributed by atoms with Crippen molar-refractivity contribution in [1.82, 2.24) is 0 Å². The van der Waals surface area contributed by atoms with Gasteiger partial charge in [0, 0.05) is 6.92 Å². The molecule has 0 saturated heterocycles. The fraction of sp³-hybridized carbons (Fsp3) is 0.0455. The second-order valence-corrected chi connectivity index (χ2v) is 6.16. The SMILES string of the molecule is CC(=O)Nc1cc2ccccc2cc1O.Nc1cc2ccccc2cc1O. The molecule has 4 aromatic rings. The van der Waals surface area contributed by atoms with Crippen LogP contribution in [0, 0.1) is 0 Å². The number of hydrogen-bond donors (Lipinski definition) is 4. The van der Waals surface area contributed by atoms with Gasteiger partial charge < -0.3 is 21.3 Å². The average Bonchev–Trinajstić information content (AvgIpc) is 2.63. The maximum Gasteiger partial charge on any atom is 0.221 e. The Morgan fingerprint density at radius 3 is 1.74 bits per heavy atom. The van der Waals surface area contributed by atoms with Gasteiger partial charge in [-0.1, -0.05) is 48.5 Å². The third-order valence-electron chi connectivity index (χ3n) is 4.07. The highest BCUT2D eigenvalue weighted by atomic mass is 16.3. The zero-order valence-electron chi connectivity index (χ0n) is 14.8. The molecule has 0 bridgehead atoms. The Bertz CT molecular complexity index is 1080. The van der Waals surface area contributed by atoms with Gasteiger partial charge in [-0.25, -0.2) is 0 Å². The van der Waals surface area contributed by atoms with Crippen LogP contribution in [0.15, 0.2) is 72.8 Å². The molecule has 0 atom stereocenters. The molecule has 0 spiro atoms. The highest BCUT2D eigenvalue weighted by molar-refractivity contribution is 5.95. The summed E-state index contributed by atoms with van der Waals surface area (Å²) >= 11 is 0. The molecule has 27 heavy (non-hydrogen) atoms. The van der Waals surface area contributed by atoms with Gasteiger partial charge in [0.05, 0.1) is 11.4 Å².